The molecular formula is C17H21N7O. The van der Waals surface area contributed by atoms with E-state index in [0.29, 0.717) is 30.3 Å². The SMILES string of the molecule is NNc1nc(N)cc(Cc2cnn(Cc3ccc(CO)cc3)c2)c1N. The van der Waals surface area contributed by atoms with Crippen LogP contribution in [0.1, 0.15) is 22.3 Å². The van der Waals surface area contributed by atoms with Gasteiger partial charge in [0.2, 0.25) is 0 Å². The van der Waals surface area contributed by atoms with E-state index >= 15 is 0 Å². The van der Waals surface area contributed by atoms with Crippen molar-refractivity contribution >= 4 is 17.3 Å². The molecule has 0 radical (unpaired) electrons. The van der Waals surface area contributed by atoms with E-state index in [2.05, 4.69) is 15.5 Å². The van der Waals surface area contributed by atoms with Crippen LogP contribution in [0.3, 0.4) is 0 Å². The van der Waals surface area contributed by atoms with Crippen LogP contribution in [-0.2, 0) is 19.6 Å². The van der Waals surface area contributed by atoms with Crippen molar-refractivity contribution < 1.29 is 5.11 Å². The van der Waals surface area contributed by atoms with Gasteiger partial charge in [-0.2, -0.15) is 5.10 Å². The highest BCUT2D eigenvalue weighted by molar-refractivity contribution is 5.68. The van der Waals surface area contributed by atoms with E-state index in [1.165, 1.54) is 0 Å². The maximum Gasteiger partial charge on any atom is 0.165 e. The molecule has 130 valence electrons. The standard InChI is InChI=1S/C17H21N7O/c18-15-6-14(16(19)17(22-15)23-20)5-13-7-21-24(9-13)8-11-1-3-12(10-25)4-2-11/h1-4,6-7,9,25H,5,8,10,19-20H2,(H3,18,22,23). The molecule has 0 unspecified atom stereocenters. The first-order chi connectivity index (χ1) is 12.1. The van der Waals surface area contributed by atoms with Crippen LogP contribution in [0, 0.1) is 0 Å². The molecule has 8 nitrogen and oxygen atoms in total. The summed E-state index contributed by atoms with van der Waals surface area (Å²) in [5.41, 5.74) is 18.6. The Kier molecular flexibility index (Phi) is 4.82. The number of aliphatic hydroxyl groups is 1. The Morgan fingerprint density at radius 3 is 2.48 bits per heavy atom. The summed E-state index contributed by atoms with van der Waals surface area (Å²) in [4.78, 5) is 4.05. The Bertz CT molecular complexity index is 858. The van der Waals surface area contributed by atoms with Gasteiger partial charge >= 0.3 is 0 Å². The number of hydrogen-bond donors (Lipinski definition) is 5. The average molecular weight is 339 g/mol. The summed E-state index contributed by atoms with van der Waals surface area (Å²) in [5, 5.41) is 13.5. The smallest absolute Gasteiger partial charge is 0.165 e. The third-order valence-electron chi connectivity index (χ3n) is 3.93. The normalized spacial score (nSPS) is 10.8. The van der Waals surface area contributed by atoms with Crippen molar-refractivity contribution in [2.75, 3.05) is 16.9 Å². The summed E-state index contributed by atoms with van der Waals surface area (Å²) in [6, 6.07) is 9.51. The first-order valence-corrected chi connectivity index (χ1v) is 7.80. The molecule has 0 aliphatic rings. The molecule has 0 atom stereocenters. The molecule has 0 aliphatic carbocycles. The number of hydrogen-bond acceptors (Lipinski definition) is 7. The van der Waals surface area contributed by atoms with E-state index in [1.807, 2.05) is 35.1 Å². The fourth-order valence-electron chi connectivity index (χ4n) is 2.63. The number of hydrazine groups is 1. The molecule has 0 fully saturated rings. The van der Waals surface area contributed by atoms with E-state index < -0.39 is 0 Å². The molecule has 2 aromatic heterocycles. The lowest BCUT2D eigenvalue weighted by atomic mass is 10.1. The maximum absolute atomic E-state index is 9.09. The van der Waals surface area contributed by atoms with Gasteiger partial charge in [0.05, 0.1) is 25.0 Å². The zero-order chi connectivity index (χ0) is 17.8. The molecule has 0 amide bonds. The molecule has 0 aliphatic heterocycles. The Morgan fingerprint density at radius 1 is 1.08 bits per heavy atom. The topological polar surface area (TPSA) is 141 Å². The first-order valence-electron chi connectivity index (χ1n) is 7.80. The van der Waals surface area contributed by atoms with Crippen molar-refractivity contribution in [3.63, 3.8) is 0 Å². The van der Waals surface area contributed by atoms with Crippen molar-refractivity contribution in [1.82, 2.24) is 14.8 Å². The second kappa shape index (κ2) is 7.20. The quantitative estimate of drug-likeness (QED) is 0.331. The largest absolute Gasteiger partial charge is 0.395 e. The van der Waals surface area contributed by atoms with Crippen molar-refractivity contribution in [3.05, 3.63) is 65.0 Å². The zero-order valence-electron chi connectivity index (χ0n) is 13.7. The predicted octanol–water partition coefficient (Wildman–Crippen LogP) is 0.859. The van der Waals surface area contributed by atoms with Crippen LogP contribution in [-0.4, -0.2) is 19.9 Å². The lowest BCUT2D eigenvalue weighted by Crippen LogP contribution is -2.13. The van der Waals surface area contributed by atoms with Gasteiger partial charge in [-0.25, -0.2) is 10.8 Å². The summed E-state index contributed by atoms with van der Waals surface area (Å²) in [5.74, 6) is 6.13. The summed E-state index contributed by atoms with van der Waals surface area (Å²) < 4.78 is 1.85. The summed E-state index contributed by atoms with van der Waals surface area (Å²) in [7, 11) is 0. The van der Waals surface area contributed by atoms with Gasteiger partial charge in [-0.3, -0.25) is 4.68 Å². The van der Waals surface area contributed by atoms with Crippen LogP contribution in [0.15, 0.2) is 42.7 Å². The molecule has 8 N–H and O–H groups in total. The van der Waals surface area contributed by atoms with Gasteiger partial charge in [-0.1, -0.05) is 24.3 Å². The van der Waals surface area contributed by atoms with Crippen molar-refractivity contribution in [3.8, 4) is 0 Å². The molecule has 0 saturated carbocycles. The number of nitrogens with zero attached hydrogens (tertiary/aromatic N) is 3. The van der Waals surface area contributed by atoms with E-state index in [1.54, 1.807) is 12.3 Å². The number of nitrogens with one attached hydrogen (secondary N) is 1. The number of nitrogens with two attached hydrogens (primary N) is 3. The van der Waals surface area contributed by atoms with Crippen LogP contribution < -0.4 is 22.7 Å². The van der Waals surface area contributed by atoms with Crippen molar-refractivity contribution in [2.45, 2.75) is 19.6 Å². The molecule has 3 aromatic rings. The van der Waals surface area contributed by atoms with Gasteiger partial charge in [-0.05, 0) is 28.3 Å². The second-order valence-electron chi connectivity index (χ2n) is 5.81. The van der Waals surface area contributed by atoms with Crippen LogP contribution in [0.2, 0.25) is 0 Å². The summed E-state index contributed by atoms with van der Waals surface area (Å²) in [6.45, 7) is 0.692. The van der Waals surface area contributed by atoms with Gasteiger partial charge in [0.25, 0.3) is 0 Å². The number of aromatic nitrogens is 3. The van der Waals surface area contributed by atoms with Crippen LogP contribution in [0.5, 0.6) is 0 Å². The highest BCUT2D eigenvalue weighted by Gasteiger charge is 2.10. The fraction of sp³-hybridized carbons (Fsp3) is 0.176. The van der Waals surface area contributed by atoms with Gasteiger partial charge < -0.3 is 22.0 Å². The number of rotatable bonds is 6. The Balaban J connectivity index is 1.74. The fourth-order valence-corrected chi connectivity index (χ4v) is 2.63. The Hall–Kier alpha value is -3.10. The minimum Gasteiger partial charge on any atom is -0.395 e. The molecule has 2 heterocycles. The minimum atomic E-state index is 0.0440. The zero-order valence-corrected chi connectivity index (χ0v) is 13.7. The molecule has 8 heteroatoms. The Morgan fingerprint density at radius 2 is 1.80 bits per heavy atom. The number of nitrogen functional groups attached to an aromatic ring is 3. The number of pyridine rings is 1. The minimum absolute atomic E-state index is 0.0440. The Labute approximate surface area is 145 Å². The number of benzene rings is 1. The van der Waals surface area contributed by atoms with E-state index in [-0.39, 0.29) is 6.61 Å². The maximum atomic E-state index is 9.09. The molecular weight excluding hydrogens is 318 g/mol. The third kappa shape index (κ3) is 3.87. The average Bonchev–Trinajstić information content (AvgIpc) is 3.05. The molecule has 1 aromatic carbocycles. The van der Waals surface area contributed by atoms with Gasteiger partial charge in [0.15, 0.2) is 5.82 Å². The van der Waals surface area contributed by atoms with Crippen molar-refractivity contribution in [1.29, 1.82) is 0 Å². The highest BCUT2D eigenvalue weighted by Crippen LogP contribution is 2.24. The molecule has 0 bridgehead atoms. The van der Waals surface area contributed by atoms with E-state index in [9.17, 15) is 0 Å². The molecule has 0 saturated heterocycles. The van der Waals surface area contributed by atoms with Crippen LogP contribution in [0.25, 0.3) is 0 Å². The van der Waals surface area contributed by atoms with Gasteiger partial charge in [0.1, 0.15) is 5.82 Å². The third-order valence-corrected chi connectivity index (χ3v) is 3.93. The lowest BCUT2D eigenvalue weighted by molar-refractivity contribution is 0.282. The van der Waals surface area contributed by atoms with E-state index in [4.69, 9.17) is 22.4 Å². The number of aliphatic hydroxyl groups excluding tert-OH is 1. The number of anilines is 3. The predicted molar refractivity (Wildman–Crippen MR) is 97.4 cm³/mol. The van der Waals surface area contributed by atoms with Gasteiger partial charge in [-0.15, -0.1) is 0 Å². The highest BCUT2D eigenvalue weighted by atomic mass is 16.3. The summed E-state index contributed by atoms with van der Waals surface area (Å²) >= 11 is 0. The van der Waals surface area contributed by atoms with Crippen molar-refractivity contribution in [2.24, 2.45) is 5.84 Å². The molecule has 25 heavy (non-hydrogen) atoms. The van der Waals surface area contributed by atoms with Gasteiger partial charge in [0, 0.05) is 12.6 Å². The second-order valence-corrected chi connectivity index (χ2v) is 5.81. The van der Waals surface area contributed by atoms with Crippen LogP contribution >= 0.6 is 0 Å². The summed E-state index contributed by atoms with van der Waals surface area (Å²) in [6.07, 6.45) is 4.34. The lowest BCUT2D eigenvalue weighted by Gasteiger charge is -2.10. The molecule has 0 spiro atoms. The first kappa shape index (κ1) is 16.7. The van der Waals surface area contributed by atoms with Crippen LogP contribution in [0.4, 0.5) is 17.3 Å². The molecule has 3 rings (SSSR count). The monoisotopic (exact) mass is 339 g/mol. The van der Waals surface area contributed by atoms with E-state index in [0.717, 1.165) is 22.3 Å².